The molecule has 0 amide bonds. The van der Waals surface area contributed by atoms with Gasteiger partial charge in [-0.05, 0) is 61.7 Å². The van der Waals surface area contributed by atoms with Gasteiger partial charge in [-0.2, -0.15) is 0 Å². The molecule has 1 aliphatic rings. The van der Waals surface area contributed by atoms with E-state index < -0.39 is 0 Å². The third-order valence-corrected chi connectivity index (χ3v) is 6.73. The molecule has 0 atom stereocenters. The predicted molar refractivity (Wildman–Crippen MR) is 137 cm³/mol. The van der Waals surface area contributed by atoms with Crippen LogP contribution in [0.5, 0.6) is 0 Å². The molecule has 3 N–H and O–H groups in total. The number of fused-ring (bicyclic) bond motifs is 1. The third kappa shape index (κ3) is 5.47. The van der Waals surface area contributed by atoms with Crippen molar-refractivity contribution in [2.24, 2.45) is 0 Å². The molecule has 0 unspecified atom stereocenters. The molecule has 8 heteroatoms. The molecule has 0 aliphatic carbocycles. The number of hydrogen-bond acceptors (Lipinski definition) is 8. The number of nitrogens with one attached hydrogen (secondary N) is 3. The highest BCUT2D eigenvalue weighted by atomic mass is 32.1. The number of pyridine rings is 2. The summed E-state index contributed by atoms with van der Waals surface area (Å²) in [6.45, 7) is 9.63. The maximum Gasteiger partial charge on any atom is 0.190 e. The fourth-order valence-corrected chi connectivity index (χ4v) is 4.91. The summed E-state index contributed by atoms with van der Waals surface area (Å²) >= 11 is 1.55. The van der Waals surface area contributed by atoms with E-state index in [1.807, 2.05) is 12.3 Å². The van der Waals surface area contributed by atoms with Gasteiger partial charge in [0.15, 0.2) is 5.13 Å². The Labute approximate surface area is 198 Å². The normalized spacial score (nSPS) is 14.5. The first-order valence-corrected chi connectivity index (χ1v) is 12.2. The van der Waals surface area contributed by atoms with Crippen LogP contribution >= 0.6 is 11.3 Å². The summed E-state index contributed by atoms with van der Waals surface area (Å²) in [7, 11) is 0. The molecule has 1 saturated heterocycles. The molecule has 0 saturated carbocycles. The van der Waals surface area contributed by atoms with Crippen LogP contribution in [0, 0.1) is 13.8 Å². The molecule has 1 aromatic carbocycles. The lowest BCUT2D eigenvalue weighted by Crippen LogP contribution is -2.44. The van der Waals surface area contributed by atoms with Gasteiger partial charge < -0.3 is 20.9 Å². The first-order chi connectivity index (χ1) is 16.1. The fraction of sp³-hybridized carbons (Fsp3) is 0.320. The Balaban J connectivity index is 1.29. The van der Waals surface area contributed by atoms with Crippen LogP contribution in [-0.2, 0) is 6.42 Å². The Bertz CT molecular complexity index is 1230. The number of thiazole rings is 1. The van der Waals surface area contributed by atoms with E-state index in [0.29, 0.717) is 0 Å². The average Bonchev–Trinajstić information content (AvgIpc) is 3.23. The maximum atomic E-state index is 4.79. The molecule has 1 aliphatic heterocycles. The largest absolute Gasteiger partial charge is 0.340 e. The zero-order valence-electron chi connectivity index (χ0n) is 19.1. The van der Waals surface area contributed by atoms with Crippen molar-refractivity contribution in [2.45, 2.75) is 20.3 Å². The van der Waals surface area contributed by atoms with E-state index in [4.69, 9.17) is 9.97 Å². The number of piperazine rings is 1. The van der Waals surface area contributed by atoms with Gasteiger partial charge in [-0.25, -0.2) is 15.0 Å². The maximum absolute atomic E-state index is 4.79. The highest BCUT2D eigenvalue weighted by molar-refractivity contribution is 7.21. The van der Waals surface area contributed by atoms with E-state index in [2.05, 4.69) is 76.1 Å². The fourth-order valence-electron chi connectivity index (χ4n) is 3.99. The number of rotatable bonds is 7. The van der Waals surface area contributed by atoms with Crippen molar-refractivity contribution in [3.63, 3.8) is 0 Å². The summed E-state index contributed by atoms with van der Waals surface area (Å²) in [5.41, 5.74) is 5.56. The molecular weight excluding hydrogens is 430 g/mol. The van der Waals surface area contributed by atoms with Gasteiger partial charge in [0.2, 0.25) is 0 Å². The van der Waals surface area contributed by atoms with Crippen molar-refractivity contribution in [1.82, 2.24) is 25.2 Å². The van der Waals surface area contributed by atoms with E-state index >= 15 is 0 Å². The Morgan fingerprint density at radius 3 is 2.61 bits per heavy atom. The second-order valence-corrected chi connectivity index (χ2v) is 9.48. The lowest BCUT2D eigenvalue weighted by Gasteiger charge is -2.27. The van der Waals surface area contributed by atoms with Crippen molar-refractivity contribution in [1.29, 1.82) is 0 Å². The standard InChI is InChI=1S/C25H29N7S/c1-17-3-5-20(6-4-17)28-22-15-18(2)23-24(29-22)33-25(31-23)30-21-16-19(7-9-27-21)8-12-32-13-10-26-11-14-32/h3-7,9,15-16,26H,8,10-14H2,1-2H3,(H,28,29)(H,27,30,31). The van der Waals surface area contributed by atoms with E-state index in [1.54, 1.807) is 11.3 Å². The van der Waals surface area contributed by atoms with Crippen LogP contribution in [-0.4, -0.2) is 52.6 Å². The van der Waals surface area contributed by atoms with Crippen LogP contribution in [0.25, 0.3) is 10.3 Å². The predicted octanol–water partition coefficient (Wildman–Crippen LogP) is 4.64. The Hall–Kier alpha value is -3.07. The molecule has 0 spiro atoms. The number of hydrogen-bond donors (Lipinski definition) is 3. The zero-order chi connectivity index (χ0) is 22.6. The molecule has 33 heavy (non-hydrogen) atoms. The number of aryl methyl sites for hydroxylation is 2. The second-order valence-electron chi connectivity index (χ2n) is 8.50. The number of nitrogens with zero attached hydrogens (tertiary/aromatic N) is 4. The minimum absolute atomic E-state index is 0.805. The Kier molecular flexibility index (Phi) is 6.48. The summed E-state index contributed by atoms with van der Waals surface area (Å²) in [6, 6.07) is 14.6. The molecule has 0 radical (unpaired) electrons. The molecule has 1 fully saturated rings. The number of anilines is 4. The highest BCUT2D eigenvalue weighted by Crippen LogP contribution is 2.31. The quantitative estimate of drug-likeness (QED) is 0.372. The molecular formula is C25H29N7S. The van der Waals surface area contributed by atoms with Crippen molar-refractivity contribution >= 4 is 44.1 Å². The number of benzene rings is 1. The van der Waals surface area contributed by atoms with Crippen LogP contribution in [0.1, 0.15) is 16.7 Å². The van der Waals surface area contributed by atoms with Crippen molar-refractivity contribution in [2.75, 3.05) is 43.4 Å². The van der Waals surface area contributed by atoms with Gasteiger partial charge in [-0.15, -0.1) is 0 Å². The smallest absolute Gasteiger partial charge is 0.190 e. The van der Waals surface area contributed by atoms with Gasteiger partial charge in [-0.1, -0.05) is 29.0 Å². The molecule has 4 aromatic rings. The highest BCUT2D eigenvalue weighted by Gasteiger charge is 2.12. The summed E-state index contributed by atoms with van der Waals surface area (Å²) in [4.78, 5) is 17.5. The molecule has 170 valence electrons. The van der Waals surface area contributed by atoms with E-state index in [1.165, 1.54) is 11.1 Å². The summed E-state index contributed by atoms with van der Waals surface area (Å²) in [6.07, 6.45) is 2.89. The SMILES string of the molecule is Cc1ccc(Nc2cc(C)c3nc(Nc4cc(CCN5CCNCC5)ccn4)sc3n2)cc1. The minimum Gasteiger partial charge on any atom is -0.340 e. The Morgan fingerprint density at radius 2 is 1.79 bits per heavy atom. The Morgan fingerprint density at radius 1 is 0.970 bits per heavy atom. The summed E-state index contributed by atoms with van der Waals surface area (Å²) in [5.74, 6) is 1.65. The van der Waals surface area contributed by atoms with Gasteiger partial charge in [0.05, 0.1) is 0 Å². The summed E-state index contributed by atoms with van der Waals surface area (Å²) in [5, 5.41) is 11.0. The van der Waals surface area contributed by atoms with Crippen LogP contribution < -0.4 is 16.0 Å². The second kappa shape index (κ2) is 9.82. The molecule has 0 bridgehead atoms. The molecule has 3 aromatic heterocycles. The van der Waals surface area contributed by atoms with Crippen LogP contribution in [0.4, 0.5) is 22.5 Å². The van der Waals surface area contributed by atoms with Gasteiger partial charge in [0.25, 0.3) is 0 Å². The van der Waals surface area contributed by atoms with E-state index in [9.17, 15) is 0 Å². The van der Waals surface area contributed by atoms with Crippen LogP contribution in [0.3, 0.4) is 0 Å². The lowest BCUT2D eigenvalue weighted by molar-refractivity contribution is 0.244. The van der Waals surface area contributed by atoms with Gasteiger partial charge >= 0.3 is 0 Å². The monoisotopic (exact) mass is 459 g/mol. The minimum atomic E-state index is 0.805. The summed E-state index contributed by atoms with van der Waals surface area (Å²) < 4.78 is 0. The first kappa shape index (κ1) is 21.8. The van der Waals surface area contributed by atoms with Crippen molar-refractivity contribution in [3.8, 4) is 0 Å². The van der Waals surface area contributed by atoms with Crippen molar-refractivity contribution < 1.29 is 0 Å². The van der Waals surface area contributed by atoms with E-state index in [0.717, 1.165) is 77.5 Å². The molecule has 4 heterocycles. The zero-order valence-corrected chi connectivity index (χ0v) is 19.9. The third-order valence-electron chi connectivity index (χ3n) is 5.87. The topological polar surface area (TPSA) is 78.0 Å². The van der Waals surface area contributed by atoms with Crippen molar-refractivity contribution in [3.05, 3.63) is 65.4 Å². The van der Waals surface area contributed by atoms with Crippen LogP contribution in [0.15, 0.2) is 48.7 Å². The van der Waals surface area contributed by atoms with E-state index in [-0.39, 0.29) is 0 Å². The van der Waals surface area contributed by atoms with Gasteiger partial charge in [-0.3, -0.25) is 0 Å². The first-order valence-electron chi connectivity index (χ1n) is 11.4. The van der Waals surface area contributed by atoms with Gasteiger partial charge in [0, 0.05) is 44.6 Å². The number of aromatic nitrogens is 3. The molecule has 7 nitrogen and oxygen atoms in total. The lowest BCUT2D eigenvalue weighted by atomic mass is 10.2. The van der Waals surface area contributed by atoms with Gasteiger partial charge in [0.1, 0.15) is 22.0 Å². The molecule has 5 rings (SSSR count). The average molecular weight is 460 g/mol. The van der Waals surface area contributed by atoms with Crippen LogP contribution in [0.2, 0.25) is 0 Å².